The molecule has 2 aromatic heterocycles. The average molecular weight is 638 g/mol. The Morgan fingerprint density at radius 3 is 2.42 bits per heavy atom. The van der Waals surface area contributed by atoms with Gasteiger partial charge in [0, 0.05) is 78.7 Å². The second kappa shape index (κ2) is 13.4. The fourth-order valence-corrected chi connectivity index (χ4v) is 7.07. The number of halogens is 4. The maximum absolute atomic E-state index is 13.6. The number of aliphatic hydroxyl groups is 1. The van der Waals surface area contributed by atoms with Crippen LogP contribution >= 0.6 is 11.6 Å². The van der Waals surface area contributed by atoms with E-state index in [2.05, 4.69) is 21.7 Å². The van der Waals surface area contributed by atoms with Crippen LogP contribution in [0.3, 0.4) is 0 Å². The van der Waals surface area contributed by atoms with Crippen LogP contribution in [-0.4, -0.2) is 82.5 Å². The van der Waals surface area contributed by atoms with E-state index in [0.717, 1.165) is 53.3 Å². The van der Waals surface area contributed by atoms with Crippen molar-refractivity contribution < 1.29 is 26.7 Å². The first-order chi connectivity index (χ1) is 20.6. The predicted molar refractivity (Wildman–Crippen MR) is 161 cm³/mol. The fourth-order valence-electron chi connectivity index (χ4n) is 6.12. The van der Waals surface area contributed by atoms with Gasteiger partial charge in [-0.05, 0) is 60.7 Å². The van der Waals surface area contributed by atoms with Crippen molar-refractivity contribution >= 4 is 32.5 Å². The minimum absolute atomic E-state index is 0.212. The Balaban J connectivity index is 0.00000118. The number of fused-ring (bicyclic) bond motifs is 2. The number of sulfonamides is 1. The molecule has 4 aromatic rings. The lowest BCUT2D eigenvalue weighted by atomic mass is 10.0. The Morgan fingerprint density at radius 1 is 1.05 bits per heavy atom. The number of hydrogen-bond donors (Lipinski definition) is 1. The van der Waals surface area contributed by atoms with E-state index >= 15 is 0 Å². The first-order valence-corrected chi connectivity index (χ1v) is 16.4. The van der Waals surface area contributed by atoms with Crippen molar-refractivity contribution in [1.29, 1.82) is 0 Å². The van der Waals surface area contributed by atoms with Gasteiger partial charge >= 0.3 is 0 Å². The number of likely N-dealkylation sites (tertiary alicyclic amines) is 1. The molecule has 4 heterocycles. The van der Waals surface area contributed by atoms with Crippen molar-refractivity contribution in [3.63, 3.8) is 0 Å². The van der Waals surface area contributed by atoms with Crippen molar-refractivity contribution in [3.8, 4) is 11.3 Å². The zero-order chi connectivity index (χ0) is 30.7. The number of β-amino-alcohol motifs (C(OH)–C–C–N with tert-alkyl or cyclic N) is 1. The molecule has 0 radical (unpaired) electrons. The molecule has 6 rings (SSSR count). The second-order valence-electron chi connectivity index (χ2n) is 11.0. The molecule has 0 amide bonds. The smallest absolute Gasteiger partial charge is 0.229 e. The molecule has 0 aliphatic carbocycles. The standard InChI is InChI=1S/C29H33ClFN5O3S.CH2F2/c1-40(38,39)34-14-11-27-26(19-34)29(21-3-6-23(31)7-4-21)32-36(27)18-25(37)17-33-12-9-24(10-13-33)35-15-8-20-2-5-22(30)16-28(20)35;2-1-3/h2-8,15-16,24-25,37H,9-14,17-19H2,1H3;1H2. The summed E-state index contributed by atoms with van der Waals surface area (Å²) >= 11 is 6.25. The molecule has 43 heavy (non-hydrogen) atoms. The van der Waals surface area contributed by atoms with E-state index in [0.29, 0.717) is 37.8 Å². The summed E-state index contributed by atoms with van der Waals surface area (Å²) in [6, 6.07) is 14.6. The predicted octanol–water partition coefficient (Wildman–Crippen LogP) is 5.20. The van der Waals surface area contributed by atoms with Crippen LogP contribution in [0, 0.1) is 5.82 Å². The van der Waals surface area contributed by atoms with Gasteiger partial charge in [0.15, 0.2) is 0 Å². The van der Waals surface area contributed by atoms with E-state index in [1.807, 2.05) is 22.9 Å². The SMILES string of the molecule is CS(=O)(=O)N1CCc2c(c(-c3ccc(F)cc3)nn2CC(O)CN2CCC(n3ccc4ccc(Cl)cc43)CC2)C1.FCF. The van der Waals surface area contributed by atoms with Gasteiger partial charge in [-0.25, -0.2) is 21.6 Å². The molecule has 0 saturated carbocycles. The molecule has 8 nitrogen and oxygen atoms in total. The number of piperidine rings is 1. The van der Waals surface area contributed by atoms with Gasteiger partial charge in [-0.3, -0.25) is 4.68 Å². The molecule has 1 unspecified atom stereocenters. The van der Waals surface area contributed by atoms with Crippen LogP contribution in [0.1, 0.15) is 30.1 Å². The average Bonchev–Trinajstić information content (AvgIpc) is 3.55. The van der Waals surface area contributed by atoms with E-state index in [1.165, 1.54) is 28.1 Å². The number of hydrogen-bond acceptors (Lipinski definition) is 5. The quantitative estimate of drug-likeness (QED) is 0.301. The number of benzene rings is 2. The van der Waals surface area contributed by atoms with Gasteiger partial charge < -0.3 is 14.6 Å². The summed E-state index contributed by atoms with van der Waals surface area (Å²) in [6.45, 7) is 1.42. The molecular formula is C30H35ClF3N5O3S. The molecule has 2 aliphatic rings. The van der Waals surface area contributed by atoms with Crippen LogP contribution in [0.15, 0.2) is 54.7 Å². The van der Waals surface area contributed by atoms with Gasteiger partial charge in [-0.1, -0.05) is 17.7 Å². The normalized spacial score (nSPS) is 17.4. The van der Waals surface area contributed by atoms with Crippen molar-refractivity contribution in [2.24, 2.45) is 0 Å². The summed E-state index contributed by atoms with van der Waals surface area (Å²) in [5.74, 6) is -0.345. The van der Waals surface area contributed by atoms with Crippen LogP contribution in [-0.2, 0) is 29.5 Å². The van der Waals surface area contributed by atoms with Crippen LogP contribution in [0.25, 0.3) is 22.2 Å². The zero-order valence-corrected chi connectivity index (χ0v) is 25.4. The number of aliphatic hydroxyl groups excluding tert-OH is 1. The van der Waals surface area contributed by atoms with E-state index < -0.39 is 23.1 Å². The summed E-state index contributed by atoms with van der Waals surface area (Å²) in [5.41, 5.74) is 4.25. The monoisotopic (exact) mass is 637 g/mol. The number of aromatic nitrogens is 3. The molecule has 13 heteroatoms. The van der Waals surface area contributed by atoms with Gasteiger partial charge in [0.1, 0.15) is 5.82 Å². The highest BCUT2D eigenvalue weighted by Crippen LogP contribution is 2.32. The fraction of sp³-hybridized carbons (Fsp3) is 0.433. The van der Waals surface area contributed by atoms with E-state index in [-0.39, 0.29) is 12.4 Å². The van der Waals surface area contributed by atoms with Crippen molar-refractivity contribution in [3.05, 3.63) is 76.8 Å². The number of rotatable bonds is 7. The summed E-state index contributed by atoms with van der Waals surface area (Å²) in [5, 5.41) is 17.8. The highest BCUT2D eigenvalue weighted by Gasteiger charge is 2.31. The second-order valence-corrected chi connectivity index (χ2v) is 13.4. The lowest BCUT2D eigenvalue weighted by Gasteiger charge is -2.34. The van der Waals surface area contributed by atoms with Crippen molar-refractivity contribution in [2.45, 2.75) is 44.5 Å². The van der Waals surface area contributed by atoms with Crippen LogP contribution in [0.5, 0.6) is 0 Å². The molecule has 2 aliphatic heterocycles. The lowest BCUT2D eigenvalue weighted by Crippen LogP contribution is -2.41. The third-order valence-electron chi connectivity index (χ3n) is 8.17. The third kappa shape index (κ3) is 7.26. The summed E-state index contributed by atoms with van der Waals surface area (Å²) < 4.78 is 63.0. The van der Waals surface area contributed by atoms with Gasteiger partial charge in [0.25, 0.3) is 0 Å². The minimum Gasteiger partial charge on any atom is -0.390 e. The Bertz CT molecular complexity index is 1650. The van der Waals surface area contributed by atoms with E-state index in [1.54, 1.807) is 12.1 Å². The highest BCUT2D eigenvalue weighted by molar-refractivity contribution is 7.88. The summed E-state index contributed by atoms with van der Waals surface area (Å²) in [7, 11) is -3.37. The molecule has 1 atom stereocenters. The molecule has 0 spiro atoms. The first kappa shape index (κ1) is 31.5. The van der Waals surface area contributed by atoms with Gasteiger partial charge in [0.05, 0.1) is 24.6 Å². The molecule has 1 N–H and O–H groups in total. The third-order valence-corrected chi connectivity index (χ3v) is 9.66. The molecule has 1 fully saturated rings. The topological polar surface area (TPSA) is 83.6 Å². The van der Waals surface area contributed by atoms with E-state index in [4.69, 9.17) is 16.7 Å². The van der Waals surface area contributed by atoms with Gasteiger partial charge in [-0.15, -0.1) is 0 Å². The molecule has 0 bridgehead atoms. The van der Waals surface area contributed by atoms with Crippen molar-refractivity contribution in [1.82, 2.24) is 23.6 Å². The Hall–Kier alpha value is -2.90. The number of alkyl halides is 2. The van der Waals surface area contributed by atoms with Gasteiger partial charge in [0.2, 0.25) is 17.0 Å². The molecule has 232 valence electrons. The highest BCUT2D eigenvalue weighted by atomic mass is 35.5. The maximum atomic E-state index is 13.6. The largest absolute Gasteiger partial charge is 0.390 e. The Morgan fingerprint density at radius 2 is 1.74 bits per heavy atom. The minimum atomic E-state index is -3.37. The number of nitrogens with zero attached hydrogens (tertiary/aromatic N) is 5. The van der Waals surface area contributed by atoms with E-state index in [9.17, 15) is 26.7 Å². The maximum Gasteiger partial charge on any atom is 0.229 e. The van der Waals surface area contributed by atoms with Crippen LogP contribution in [0.4, 0.5) is 13.2 Å². The molecule has 1 saturated heterocycles. The van der Waals surface area contributed by atoms with Crippen molar-refractivity contribution in [2.75, 3.05) is 39.4 Å². The Labute approximate surface area is 254 Å². The summed E-state index contributed by atoms with van der Waals surface area (Å²) in [4.78, 5) is 2.29. The molecule has 2 aromatic carbocycles. The lowest BCUT2D eigenvalue weighted by molar-refractivity contribution is 0.0766. The molecular weight excluding hydrogens is 603 g/mol. The Kier molecular flexibility index (Phi) is 9.82. The zero-order valence-electron chi connectivity index (χ0n) is 23.8. The summed E-state index contributed by atoms with van der Waals surface area (Å²) in [6.07, 6.45) is 5.18. The first-order valence-electron chi connectivity index (χ1n) is 14.2. The van der Waals surface area contributed by atoms with Crippen LogP contribution in [0.2, 0.25) is 5.02 Å². The van der Waals surface area contributed by atoms with Crippen LogP contribution < -0.4 is 0 Å². The van der Waals surface area contributed by atoms with Gasteiger partial charge in [-0.2, -0.15) is 9.40 Å².